The normalized spacial score (nSPS) is 15.8. The van der Waals surface area contributed by atoms with Crippen LogP contribution in [0.25, 0.3) is 0 Å². The molecule has 1 heterocycles. The second kappa shape index (κ2) is 5.08. The summed E-state index contributed by atoms with van der Waals surface area (Å²) < 4.78 is 5.11. The van der Waals surface area contributed by atoms with E-state index in [1.165, 1.54) is 0 Å². The summed E-state index contributed by atoms with van der Waals surface area (Å²) in [6.45, 7) is 1.68. The van der Waals surface area contributed by atoms with Crippen molar-refractivity contribution in [2.24, 2.45) is 5.73 Å². The third kappa shape index (κ3) is 2.70. The van der Waals surface area contributed by atoms with Gasteiger partial charge in [-0.25, -0.2) is 0 Å². The monoisotopic (exact) mass is 256 g/mol. The first-order valence-corrected chi connectivity index (χ1v) is 6.41. The van der Waals surface area contributed by atoms with E-state index in [1.807, 2.05) is 23.9 Å². The molecule has 2 rings (SSSR count). The van der Waals surface area contributed by atoms with Gasteiger partial charge in [0.25, 0.3) is 0 Å². The molecule has 0 radical (unpaired) electrons. The topological polar surface area (TPSA) is 59.1 Å². The van der Waals surface area contributed by atoms with Crippen molar-refractivity contribution in [3.05, 3.63) is 34.3 Å². The molecule has 86 valence electrons. The number of hydrogen-bond donors (Lipinski definition) is 2. The zero-order valence-corrected chi connectivity index (χ0v) is 10.3. The number of benzene rings is 1. The van der Waals surface area contributed by atoms with E-state index in [-0.39, 0.29) is 5.84 Å². The van der Waals surface area contributed by atoms with Crippen LogP contribution in [0.1, 0.15) is 11.1 Å². The molecule has 1 saturated heterocycles. The van der Waals surface area contributed by atoms with Crippen molar-refractivity contribution in [1.82, 2.24) is 0 Å². The van der Waals surface area contributed by atoms with Gasteiger partial charge in [0, 0.05) is 16.3 Å². The van der Waals surface area contributed by atoms with Gasteiger partial charge in [-0.15, -0.1) is 11.8 Å². The highest BCUT2D eigenvalue weighted by Crippen LogP contribution is 2.27. The number of ether oxygens (including phenoxy) is 1. The second-order valence-corrected chi connectivity index (χ2v) is 5.39. The largest absolute Gasteiger partial charge is 0.384 e. The van der Waals surface area contributed by atoms with Crippen LogP contribution in [-0.2, 0) is 10.5 Å². The Morgan fingerprint density at radius 3 is 2.81 bits per heavy atom. The van der Waals surface area contributed by atoms with E-state index in [0.717, 1.165) is 24.5 Å². The first-order chi connectivity index (χ1) is 7.66. The summed E-state index contributed by atoms with van der Waals surface area (Å²) in [6, 6.07) is 5.52. The lowest BCUT2D eigenvalue weighted by atomic mass is 10.1. The van der Waals surface area contributed by atoms with Crippen molar-refractivity contribution in [1.29, 1.82) is 5.41 Å². The van der Waals surface area contributed by atoms with Gasteiger partial charge in [-0.05, 0) is 11.6 Å². The molecule has 1 aliphatic rings. The Balaban J connectivity index is 2.00. The fourth-order valence-electron chi connectivity index (χ4n) is 1.35. The molecule has 3 nitrogen and oxygen atoms in total. The number of rotatable bonds is 4. The predicted molar refractivity (Wildman–Crippen MR) is 68.4 cm³/mol. The zero-order chi connectivity index (χ0) is 11.5. The molecule has 16 heavy (non-hydrogen) atoms. The molecule has 0 bridgehead atoms. The maximum atomic E-state index is 7.31. The maximum absolute atomic E-state index is 7.31. The van der Waals surface area contributed by atoms with Crippen LogP contribution in [0.15, 0.2) is 18.2 Å². The number of thioether (sulfide) groups is 1. The predicted octanol–water partition coefficient (Wildman–Crippen LogP) is 2.26. The molecule has 1 aliphatic heterocycles. The molecule has 0 aliphatic carbocycles. The average Bonchev–Trinajstić information content (AvgIpc) is 2.17. The molecular formula is C11H13ClN2OS. The van der Waals surface area contributed by atoms with Crippen LogP contribution in [0.4, 0.5) is 0 Å². The van der Waals surface area contributed by atoms with Crippen molar-refractivity contribution >= 4 is 29.2 Å². The Hall–Kier alpha value is -0.710. The van der Waals surface area contributed by atoms with E-state index in [9.17, 15) is 0 Å². The number of nitrogen functional groups attached to an aromatic ring is 1. The minimum Gasteiger partial charge on any atom is -0.384 e. The van der Waals surface area contributed by atoms with Crippen LogP contribution in [0.3, 0.4) is 0 Å². The van der Waals surface area contributed by atoms with Gasteiger partial charge in [-0.3, -0.25) is 5.41 Å². The summed E-state index contributed by atoms with van der Waals surface area (Å²) in [5.41, 5.74) is 7.15. The smallest absolute Gasteiger partial charge is 0.122 e. The maximum Gasteiger partial charge on any atom is 0.122 e. The number of halogens is 1. The van der Waals surface area contributed by atoms with Crippen LogP contribution in [0.2, 0.25) is 5.02 Å². The first kappa shape index (κ1) is 11.8. The number of nitrogens with one attached hydrogen (secondary N) is 1. The first-order valence-electron chi connectivity index (χ1n) is 4.99. The average molecular weight is 257 g/mol. The Bertz CT molecular complexity index is 407. The van der Waals surface area contributed by atoms with E-state index in [4.69, 9.17) is 27.5 Å². The number of hydrogen-bond acceptors (Lipinski definition) is 3. The fourth-order valence-corrected chi connectivity index (χ4v) is 2.73. The molecule has 0 saturated carbocycles. The summed E-state index contributed by atoms with van der Waals surface area (Å²) in [6.07, 6.45) is 0. The Morgan fingerprint density at radius 1 is 1.56 bits per heavy atom. The molecule has 0 amide bonds. The molecule has 0 spiro atoms. The minimum atomic E-state index is 0.0495. The summed E-state index contributed by atoms with van der Waals surface area (Å²) in [5.74, 6) is 0.930. The lowest BCUT2D eigenvalue weighted by molar-refractivity contribution is 0.0455. The van der Waals surface area contributed by atoms with E-state index in [1.54, 1.807) is 6.07 Å². The summed E-state index contributed by atoms with van der Waals surface area (Å²) in [5, 5.41) is 8.59. The van der Waals surface area contributed by atoms with Gasteiger partial charge < -0.3 is 10.5 Å². The summed E-state index contributed by atoms with van der Waals surface area (Å²) >= 11 is 7.97. The van der Waals surface area contributed by atoms with Gasteiger partial charge in [-0.2, -0.15) is 0 Å². The van der Waals surface area contributed by atoms with Gasteiger partial charge in [-0.1, -0.05) is 23.7 Å². The van der Waals surface area contributed by atoms with E-state index in [2.05, 4.69) is 0 Å². The molecule has 0 aromatic heterocycles. The Morgan fingerprint density at radius 2 is 2.31 bits per heavy atom. The van der Waals surface area contributed by atoms with Gasteiger partial charge in [0.15, 0.2) is 0 Å². The molecule has 1 aromatic carbocycles. The molecule has 1 fully saturated rings. The van der Waals surface area contributed by atoms with Crippen LogP contribution in [-0.4, -0.2) is 24.3 Å². The third-order valence-corrected chi connectivity index (χ3v) is 4.02. The van der Waals surface area contributed by atoms with Crippen molar-refractivity contribution in [3.8, 4) is 0 Å². The highest BCUT2D eigenvalue weighted by Gasteiger charge is 2.18. The van der Waals surface area contributed by atoms with Gasteiger partial charge in [0.05, 0.1) is 18.5 Å². The molecule has 3 N–H and O–H groups in total. The SMILES string of the molecule is N=C(N)c1ccc(CSC2COC2)c(Cl)c1. The third-order valence-electron chi connectivity index (χ3n) is 2.45. The van der Waals surface area contributed by atoms with Crippen molar-refractivity contribution in [3.63, 3.8) is 0 Å². The van der Waals surface area contributed by atoms with Gasteiger partial charge >= 0.3 is 0 Å². The summed E-state index contributed by atoms with van der Waals surface area (Å²) in [4.78, 5) is 0. The van der Waals surface area contributed by atoms with Crippen LogP contribution in [0.5, 0.6) is 0 Å². The van der Waals surface area contributed by atoms with Crippen LogP contribution in [0, 0.1) is 5.41 Å². The van der Waals surface area contributed by atoms with E-state index < -0.39 is 0 Å². The quantitative estimate of drug-likeness (QED) is 0.642. The van der Waals surface area contributed by atoms with Gasteiger partial charge in [0.1, 0.15) is 5.84 Å². The second-order valence-electron chi connectivity index (χ2n) is 3.69. The molecule has 1 aromatic rings. The van der Waals surface area contributed by atoms with Crippen molar-refractivity contribution < 1.29 is 4.74 Å². The number of nitrogens with two attached hydrogens (primary N) is 1. The van der Waals surface area contributed by atoms with E-state index in [0.29, 0.717) is 15.8 Å². The molecular weight excluding hydrogens is 244 g/mol. The minimum absolute atomic E-state index is 0.0495. The standard InChI is InChI=1S/C11H13ClN2OS/c12-10-3-7(11(13)14)1-2-8(10)6-16-9-4-15-5-9/h1-3,9H,4-6H2,(H3,13,14). The highest BCUT2D eigenvalue weighted by molar-refractivity contribution is 7.99. The van der Waals surface area contributed by atoms with E-state index >= 15 is 0 Å². The van der Waals surface area contributed by atoms with Crippen LogP contribution >= 0.6 is 23.4 Å². The molecule has 0 unspecified atom stereocenters. The molecule has 5 heteroatoms. The zero-order valence-electron chi connectivity index (χ0n) is 8.70. The lowest BCUT2D eigenvalue weighted by Crippen LogP contribution is -2.30. The highest BCUT2D eigenvalue weighted by atomic mass is 35.5. The Kier molecular flexibility index (Phi) is 3.74. The Labute approximate surface area is 104 Å². The number of amidine groups is 1. The lowest BCUT2D eigenvalue weighted by Gasteiger charge is -2.25. The van der Waals surface area contributed by atoms with Crippen LogP contribution < -0.4 is 5.73 Å². The van der Waals surface area contributed by atoms with Crippen molar-refractivity contribution in [2.45, 2.75) is 11.0 Å². The summed E-state index contributed by atoms with van der Waals surface area (Å²) in [7, 11) is 0. The molecule has 0 atom stereocenters. The van der Waals surface area contributed by atoms with Gasteiger partial charge in [0.2, 0.25) is 0 Å². The fraction of sp³-hybridized carbons (Fsp3) is 0.364. The van der Waals surface area contributed by atoms with Crippen molar-refractivity contribution in [2.75, 3.05) is 13.2 Å².